The van der Waals surface area contributed by atoms with E-state index in [0.29, 0.717) is 5.25 Å². The molecule has 0 spiro atoms. The van der Waals surface area contributed by atoms with Crippen LogP contribution in [-0.2, 0) is 17.6 Å². The Kier molecular flexibility index (Phi) is 4.35. The number of aromatic nitrogens is 1. The van der Waals surface area contributed by atoms with Gasteiger partial charge in [-0.25, -0.2) is 4.98 Å². The molecular formula is C15H21N3O2S. The lowest BCUT2D eigenvalue weighted by Crippen LogP contribution is -2.20. The van der Waals surface area contributed by atoms with Crippen molar-refractivity contribution in [1.82, 2.24) is 4.98 Å². The minimum atomic E-state index is 0.143. The van der Waals surface area contributed by atoms with Crippen molar-refractivity contribution in [2.75, 3.05) is 6.61 Å². The molecule has 0 radical (unpaired) electrons. The molecule has 2 unspecified atom stereocenters. The second-order valence-electron chi connectivity index (χ2n) is 5.66. The Morgan fingerprint density at radius 1 is 1.48 bits per heavy atom. The molecule has 3 N–H and O–H groups in total. The van der Waals surface area contributed by atoms with Gasteiger partial charge in [-0.05, 0) is 50.7 Å². The van der Waals surface area contributed by atoms with E-state index in [1.165, 1.54) is 24.1 Å². The minimum Gasteiger partial charge on any atom is -0.409 e. The van der Waals surface area contributed by atoms with Crippen LogP contribution in [-0.4, -0.2) is 34.0 Å². The Labute approximate surface area is 129 Å². The van der Waals surface area contributed by atoms with Crippen molar-refractivity contribution in [2.45, 2.75) is 55.4 Å². The van der Waals surface area contributed by atoms with Crippen molar-refractivity contribution in [2.24, 2.45) is 10.9 Å². The molecule has 5 nitrogen and oxygen atoms in total. The molecule has 1 saturated heterocycles. The summed E-state index contributed by atoms with van der Waals surface area (Å²) in [5.41, 5.74) is 9.01. The summed E-state index contributed by atoms with van der Waals surface area (Å²) in [5, 5.41) is 13.5. The fraction of sp³-hybridized carbons (Fsp3) is 0.600. The Balaban J connectivity index is 1.96. The van der Waals surface area contributed by atoms with Gasteiger partial charge in [0, 0.05) is 17.6 Å². The second-order valence-corrected chi connectivity index (χ2v) is 6.89. The summed E-state index contributed by atoms with van der Waals surface area (Å²) >= 11 is 1.69. The Morgan fingerprint density at radius 2 is 2.29 bits per heavy atom. The van der Waals surface area contributed by atoms with E-state index in [4.69, 9.17) is 20.7 Å². The average molecular weight is 307 g/mol. The highest BCUT2D eigenvalue weighted by atomic mass is 32.2. The van der Waals surface area contributed by atoms with Crippen molar-refractivity contribution in [3.05, 3.63) is 22.9 Å². The van der Waals surface area contributed by atoms with Gasteiger partial charge in [0.15, 0.2) is 5.84 Å². The van der Waals surface area contributed by atoms with Crippen LogP contribution in [0.5, 0.6) is 0 Å². The lowest BCUT2D eigenvalue weighted by atomic mass is 9.95. The quantitative estimate of drug-likeness (QED) is 0.388. The highest BCUT2D eigenvalue weighted by molar-refractivity contribution is 8.00. The SMILES string of the molecule is CC1OCCC1Sc1nc2c(cc1C(N)=NO)CCCC2. The summed E-state index contributed by atoms with van der Waals surface area (Å²) in [6, 6.07) is 2.05. The second kappa shape index (κ2) is 6.23. The molecule has 2 aliphatic rings. The van der Waals surface area contributed by atoms with Crippen LogP contribution in [0.15, 0.2) is 16.2 Å². The molecule has 1 aliphatic carbocycles. The van der Waals surface area contributed by atoms with Gasteiger partial charge in [-0.15, -0.1) is 0 Å². The number of fused-ring (bicyclic) bond motifs is 1. The van der Waals surface area contributed by atoms with Gasteiger partial charge in [-0.2, -0.15) is 0 Å². The van der Waals surface area contributed by atoms with Gasteiger partial charge in [-0.1, -0.05) is 16.9 Å². The first-order valence-electron chi connectivity index (χ1n) is 7.48. The molecule has 1 aliphatic heterocycles. The van der Waals surface area contributed by atoms with Crippen LogP contribution < -0.4 is 5.73 Å². The van der Waals surface area contributed by atoms with Crippen molar-refractivity contribution in [1.29, 1.82) is 0 Å². The Morgan fingerprint density at radius 3 is 3.00 bits per heavy atom. The van der Waals surface area contributed by atoms with E-state index in [-0.39, 0.29) is 11.9 Å². The van der Waals surface area contributed by atoms with Crippen LogP contribution in [0.2, 0.25) is 0 Å². The first kappa shape index (κ1) is 14.7. The topological polar surface area (TPSA) is 80.7 Å². The Bertz CT molecular complexity index is 562. The summed E-state index contributed by atoms with van der Waals surface area (Å²) in [6.07, 6.45) is 5.66. The molecule has 2 atom stereocenters. The maximum atomic E-state index is 9.03. The fourth-order valence-corrected chi connectivity index (χ4v) is 4.18. The van der Waals surface area contributed by atoms with Crippen molar-refractivity contribution in [3.63, 3.8) is 0 Å². The van der Waals surface area contributed by atoms with E-state index in [1.54, 1.807) is 11.8 Å². The van der Waals surface area contributed by atoms with Gasteiger partial charge < -0.3 is 15.7 Å². The zero-order chi connectivity index (χ0) is 14.8. The lowest BCUT2D eigenvalue weighted by Gasteiger charge is -2.20. The zero-order valence-corrected chi connectivity index (χ0v) is 13.0. The van der Waals surface area contributed by atoms with Crippen LogP contribution >= 0.6 is 11.8 Å². The third-order valence-corrected chi connectivity index (χ3v) is 5.68. The number of amidine groups is 1. The lowest BCUT2D eigenvalue weighted by molar-refractivity contribution is 0.127. The normalized spacial score (nSPS) is 25.9. The molecule has 0 amide bonds. The van der Waals surface area contributed by atoms with E-state index >= 15 is 0 Å². The number of ether oxygens (including phenoxy) is 1. The summed E-state index contributed by atoms with van der Waals surface area (Å²) < 4.78 is 5.62. The number of hydrogen-bond acceptors (Lipinski definition) is 5. The predicted octanol–water partition coefficient (Wildman–Crippen LogP) is 2.32. The molecule has 0 bridgehead atoms. The average Bonchev–Trinajstić information content (AvgIpc) is 2.91. The fourth-order valence-electron chi connectivity index (χ4n) is 2.95. The van der Waals surface area contributed by atoms with E-state index in [9.17, 15) is 0 Å². The van der Waals surface area contributed by atoms with Crippen LogP contribution in [0.1, 0.15) is 43.0 Å². The third kappa shape index (κ3) is 3.01. The number of nitrogens with zero attached hydrogens (tertiary/aromatic N) is 2. The molecule has 2 heterocycles. The number of aryl methyl sites for hydroxylation is 2. The monoisotopic (exact) mass is 307 g/mol. The predicted molar refractivity (Wildman–Crippen MR) is 83.1 cm³/mol. The minimum absolute atomic E-state index is 0.143. The smallest absolute Gasteiger partial charge is 0.172 e. The van der Waals surface area contributed by atoms with Crippen LogP contribution in [0, 0.1) is 0 Å². The van der Waals surface area contributed by atoms with Crippen molar-refractivity contribution >= 4 is 17.6 Å². The molecule has 1 aromatic rings. The molecule has 6 heteroatoms. The molecule has 0 aromatic carbocycles. The van der Waals surface area contributed by atoms with E-state index in [2.05, 4.69) is 18.1 Å². The van der Waals surface area contributed by atoms with Crippen molar-refractivity contribution in [3.8, 4) is 0 Å². The maximum absolute atomic E-state index is 9.03. The van der Waals surface area contributed by atoms with Gasteiger partial charge in [-0.3, -0.25) is 0 Å². The van der Waals surface area contributed by atoms with E-state index in [1.807, 2.05) is 0 Å². The van der Waals surface area contributed by atoms with Gasteiger partial charge in [0.1, 0.15) is 5.03 Å². The molecular weight excluding hydrogens is 286 g/mol. The highest BCUT2D eigenvalue weighted by Crippen LogP contribution is 2.35. The third-order valence-electron chi connectivity index (χ3n) is 4.22. The first-order valence-corrected chi connectivity index (χ1v) is 8.36. The first-order chi connectivity index (χ1) is 10.2. The number of thioether (sulfide) groups is 1. The number of hydrogen-bond donors (Lipinski definition) is 2. The largest absolute Gasteiger partial charge is 0.409 e. The summed E-state index contributed by atoms with van der Waals surface area (Å²) in [6.45, 7) is 2.88. The van der Waals surface area contributed by atoms with Gasteiger partial charge in [0.05, 0.1) is 11.7 Å². The molecule has 1 fully saturated rings. The van der Waals surface area contributed by atoms with E-state index in [0.717, 1.165) is 36.5 Å². The number of pyridine rings is 1. The van der Waals surface area contributed by atoms with Crippen molar-refractivity contribution < 1.29 is 9.94 Å². The summed E-state index contributed by atoms with van der Waals surface area (Å²) in [7, 11) is 0. The molecule has 21 heavy (non-hydrogen) atoms. The standard InChI is InChI=1S/C15H21N3O2S/c1-9-13(6-7-20-9)21-15-11(14(16)18-19)8-10-4-2-3-5-12(10)17-15/h8-9,13,19H,2-7H2,1H3,(H2,16,18). The number of nitrogens with two attached hydrogens (primary N) is 1. The molecule has 0 saturated carbocycles. The van der Waals surface area contributed by atoms with Gasteiger partial charge in [0.2, 0.25) is 0 Å². The summed E-state index contributed by atoms with van der Waals surface area (Å²) in [5.74, 6) is 0.143. The number of oxime groups is 1. The molecule has 3 rings (SSSR count). The van der Waals surface area contributed by atoms with Gasteiger partial charge in [0.25, 0.3) is 0 Å². The van der Waals surface area contributed by atoms with Crippen LogP contribution in [0.4, 0.5) is 0 Å². The van der Waals surface area contributed by atoms with Crippen LogP contribution in [0.25, 0.3) is 0 Å². The molecule has 1 aromatic heterocycles. The maximum Gasteiger partial charge on any atom is 0.172 e. The summed E-state index contributed by atoms with van der Waals surface area (Å²) in [4.78, 5) is 4.82. The molecule has 114 valence electrons. The zero-order valence-electron chi connectivity index (χ0n) is 12.2. The number of rotatable bonds is 3. The van der Waals surface area contributed by atoms with Gasteiger partial charge >= 0.3 is 0 Å². The highest BCUT2D eigenvalue weighted by Gasteiger charge is 2.28. The Hall–Kier alpha value is -1.27. The van der Waals surface area contributed by atoms with Crippen LogP contribution in [0.3, 0.4) is 0 Å². The van der Waals surface area contributed by atoms with E-state index < -0.39 is 0 Å².